The number of esters is 1. The Morgan fingerprint density at radius 3 is 2.07 bits per heavy atom. The molecule has 4 rings (SSSR count). The third-order valence-electron chi connectivity index (χ3n) is 10.3. The Morgan fingerprint density at radius 1 is 1.02 bits per heavy atom. The predicted molar refractivity (Wildman–Crippen MR) is 167 cm³/mol. The van der Waals surface area contributed by atoms with Crippen LogP contribution in [0.25, 0.3) is 0 Å². The maximum absolute atomic E-state index is 14.2. The molecule has 4 aliphatic rings. The summed E-state index contributed by atoms with van der Waals surface area (Å²) in [4.78, 5) is 66.9. The first-order chi connectivity index (χ1) is 20.9. The van der Waals surface area contributed by atoms with E-state index in [1.165, 1.54) is 4.90 Å². The summed E-state index contributed by atoms with van der Waals surface area (Å²) in [5.41, 5.74) is 4.37. The van der Waals surface area contributed by atoms with Crippen LogP contribution in [0.1, 0.15) is 93.9 Å². The number of aliphatic hydroxyl groups excluding tert-OH is 1. The van der Waals surface area contributed by atoms with Crippen LogP contribution in [-0.4, -0.2) is 82.6 Å². The highest BCUT2D eigenvalue weighted by molar-refractivity contribution is 6.37. The van der Waals surface area contributed by atoms with Crippen molar-refractivity contribution in [3.63, 3.8) is 0 Å². The zero-order valence-electron chi connectivity index (χ0n) is 28.2. The van der Waals surface area contributed by atoms with Crippen LogP contribution >= 0.6 is 0 Å². The Hall–Kier alpha value is -2.57. The molecule has 0 aromatic heterocycles. The normalized spacial score (nSPS) is 26.6. The average molecular weight is 634 g/mol. The second-order valence-electron chi connectivity index (χ2n) is 15.8. The number of piperidine rings is 1. The number of rotatable bonds is 16. The first-order valence-electron chi connectivity index (χ1n) is 16.7. The van der Waals surface area contributed by atoms with Crippen molar-refractivity contribution in [3.05, 3.63) is 0 Å². The van der Waals surface area contributed by atoms with Crippen molar-refractivity contribution in [2.45, 2.75) is 131 Å². The summed E-state index contributed by atoms with van der Waals surface area (Å²) >= 11 is 0. The van der Waals surface area contributed by atoms with Crippen LogP contribution in [0.15, 0.2) is 0 Å². The second-order valence-corrected chi connectivity index (χ2v) is 15.8. The van der Waals surface area contributed by atoms with Crippen molar-refractivity contribution in [2.75, 3.05) is 6.54 Å². The average Bonchev–Trinajstić information content (AvgIpc) is 3.88. The van der Waals surface area contributed by atoms with Gasteiger partial charge in [0, 0.05) is 6.54 Å². The van der Waals surface area contributed by atoms with Crippen molar-refractivity contribution in [2.24, 2.45) is 46.2 Å². The largest absolute Gasteiger partial charge is 0.461 e. The molecule has 254 valence electrons. The number of amides is 3. The van der Waals surface area contributed by atoms with E-state index in [1.54, 1.807) is 0 Å². The molecule has 0 bridgehead atoms. The molecule has 12 nitrogen and oxygen atoms in total. The van der Waals surface area contributed by atoms with Gasteiger partial charge in [-0.2, -0.15) is 0 Å². The first kappa shape index (κ1) is 35.3. The van der Waals surface area contributed by atoms with Crippen LogP contribution in [0, 0.1) is 40.4 Å². The Balaban J connectivity index is 1.48. The van der Waals surface area contributed by atoms with E-state index >= 15 is 0 Å². The van der Waals surface area contributed by atoms with Crippen molar-refractivity contribution in [1.29, 1.82) is 0 Å². The van der Waals surface area contributed by atoms with Crippen LogP contribution in [0.3, 0.4) is 0 Å². The Bertz CT molecular complexity index is 1150. The number of carbonyl (C=O) groups is 5. The van der Waals surface area contributed by atoms with Gasteiger partial charge in [-0.15, -0.1) is 0 Å². The van der Waals surface area contributed by atoms with E-state index in [2.05, 4.69) is 29.8 Å². The van der Waals surface area contributed by atoms with Gasteiger partial charge in [-0.05, 0) is 72.5 Å². The van der Waals surface area contributed by atoms with E-state index in [1.807, 2.05) is 41.5 Å². The summed E-state index contributed by atoms with van der Waals surface area (Å²) in [6.07, 6.45) is 3.59. The van der Waals surface area contributed by atoms with Gasteiger partial charge in [-0.3, -0.25) is 34.6 Å². The molecule has 7 atom stereocenters. The molecule has 1 saturated heterocycles. The number of nitrogens with one attached hydrogen (secondary N) is 3. The van der Waals surface area contributed by atoms with Gasteiger partial charge < -0.3 is 25.8 Å². The van der Waals surface area contributed by atoms with Crippen LogP contribution in [0.2, 0.25) is 0 Å². The lowest BCUT2D eigenvalue weighted by molar-refractivity contribution is -0.157. The molecular formula is C33H55N5O7. The molecule has 45 heavy (non-hydrogen) atoms. The van der Waals surface area contributed by atoms with Crippen LogP contribution in [0.4, 0.5) is 0 Å². The summed E-state index contributed by atoms with van der Waals surface area (Å²) in [7, 11) is 0. The fourth-order valence-corrected chi connectivity index (χ4v) is 7.20. The highest BCUT2D eigenvalue weighted by atomic mass is 16.5. The lowest BCUT2D eigenvalue weighted by Crippen LogP contribution is -2.64. The van der Waals surface area contributed by atoms with Gasteiger partial charge in [0.1, 0.15) is 18.2 Å². The molecule has 12 heteroatoms. The maximum atomic E-state index is 14.2. The molecule has 0 radical (unpaired) electrons. The number of nitrogens with two attached hydrogens (primary N) is 1. The quantitative estimate of drug-likeness (QED) is 0.0955. The number of Topliss-reactive ketones (excluding diaryl/α,β-unsaturated/α-hetero) is 1. The minimum atomic E-state index is -1.42. The van der Waals surface area contributed by atoms with Gasteiger partial charge in [0.2, 0.25) is 17.6 Å². The smallest absolute Gasteiger partial charge is 0.323 e. The Morgan fingerprint density at radius 2 is 1.60 bits per heavy atom. The molecular weight excluding hydrogens is 578 g/mol. The standard InChI is InChI=1S/C33H55N5O7/c1-9-10-20(24(39)27(34)40)35-28(41)23-21-19(33(21,7)8)15-38(23)29(42)26(32(4,5)6)37-31(44)36-22(16(2)3)30(43)45-25(17-11-12-17)18-13-14-18/h16-23,25-26,31,36-37,44H,9-15H2,1-8H3,(H2,34,40)(H,35,41)/t19-,20?,21-,22-,23-,26+,31?/m0/s1. The van der Waals surface area contributed by atoms with E-state index in [0.29, 0.717) is 24.8 Å². The lowest BCUT2D eigenvalue weighted by Gasteiger charge is -2.39. The van der Waals surface area contributed by atoms with Crippen LogP contribution < -0.4 is 21.7 Å². The summed E-state index contributed by atoms with van der Waals surface area (Å²) in [5, 5.41) is 19.8. The zero-order chi connectivity index (χ0) is 33.6. The highest BCUT2D eigenvalue weighted by Gasteiger charge is 2.70. The van der Waals surface area contributed by atoms with Crippen LogP contribution in [-0.2, 0) is 28.7 Å². The molecule has 3 aliphatic carbocycles. The van der Waals surface area contributed by atoms with Crippen LogP contribution in [0.5, 0.6) is 0 Å². The molecule has 0 aromatic rings. The molecule has 0 spiro atoms. The van der Waals surface area contributed by atoms with E-state index in [0.717, 1.165) is 25.7 Å². The minimum absolute atomic E-state index is 0.0707. The number of nitrogens with zero attached hydrogens (tertiary/aromatic N) is 1. The number of carbonyl (C=O) groups excluding carboxylic acids is 5. The molecule has 0 aromatic carbocycles. The third-order valence-corrected chi connectivity index (χ3v) is 10.3. The Kier molecular flexibility index (Phi) is 10.4. The summed E-state index contributed by atoms with van der Waals surface area (Å²) in [6.45, 7) is 15.6. The fraction of sp³-hybridized carbons (Fsp3) is 0.848. The predicted octanol–water partition coefficient (Wildman–Crippen LogP) is 1.43. The van der Waals surface area contributed by atoms with Crippen molar-refractivity contribution >= 4 is 29.5 Å². The number of hydrogen-bond donors (Lipinski definition) is 5. The lowest BCUT2D eigenvalue weighted by atomic mass is 9.85. The van der Waals surface area contributed by atoms with Gasteiger partial charge in [0.25, 0.3) is 5.91 Å². The van der Waals surface area contributed by atoms with Crippen molar-refractivity contribution in [1.82, 2.24) is 20.9 Å². The topological polar surface area (TPSA) is 180 Å². The number of primary amides is 1. The molecule has 6 N–H and O–H groups in total. The number of fused-ring (bicyclic) bond motifs is 1. The number of ether oxygens (including phenoxy) is 1. The number of likely N-dealkylation sites (tertiary alicyclic amines) is 1. The van der Waals surface area contributed by atoms with E-state index in [9.17, 15) is 29.1 Å². The molecule has 1 heterocycles. The highest BCUT2D eigenvalue weighted by Crippen LogP contribution is 2.65. The number of ketones is 1. The van der Waals surface area contributed by atoms with E-state index in [-0.39, 0.29) is 41.6 Å². The van der Waals surface area contributed by atoms with Gasteiger partial charge in [0.15, 0.2) is 6.35 Å². The summed E-state index contributed by atoms with van der Waals surface area (Å²) in [6, 6.07) is -3.63. The van der Waals surface area contributed by atoms with Crippen molar-refractivity contribution in [3.8, 4) is 0 Å². The van der Waals surface area contributed by atoms with Gasteiger partial charge in [-0.25, -0.2) is 0 Å². The Labute approximate surface area is 267 Å². The third kappa shape index (κ3) is 7.88. The summed E-state index contributed by atoms with van der Waals surface area (Å²) in [5.74, 6) is -2.62. The van der Waals surface area contributed by atoms with E-state index < -0.39 is 59.5 Å². The SMILES string of the molecule is CCCC(NC(=O)[C@@H]1[C@@H]2[C@H](CN1C(=O)[C@@H](NC(O)N[C@H](C(=O)OC(C1CC1)C1CC1)C(C)C)C(C)(C)C)C2(C)C)C(=O)C(N)=O. The number of aliphatic hydroxyl groups is 1. The zero-order valence-corrected chi connectivity index (χ0v) is 28.2. The monoisotopic (exact) mass is 633 g/mol. The first-order valence-corrected chi connectivity index (χ1v) is 16.7. The van der Waals surface area contributed by atoms with Gasteiger partial charge >= 0.3 is 5.97 Å². The molecule has 3 saturated carbocycles. The maximum Gasteiger partial charge on any atom is 0.323 e. The fourth-order valence-electron chi connectivity index (χ4n) is 7.20. The van der Waals surface area contributed by atoms with Crippen molar-refractivity contribution < 1.29 is 33.8 Å². The second kappa shape index (κ2) is 13.3. The molecule has 4 fully saturated rings. The van der Waals surface area contributed by atoms with Gasteiger partial charge in [0.05, 0.1) is 12.1 Å². The molecule has 1 aliphatic heterocycles. The molecule has 3 amide bonds. The van der Waals surface area contributed by atoms with E-state index in [4.69, 9.17) is 10.5 Å². The molecule has 2 unspecified atom stereocenters. The summed E-state index contributed by atoms with van der Waals surface area (Å²) < 4.78 is 5.97. The number of hydrogen-bond acceptors (Lipinski definition) is 9. The van der Waals surface area contributed by atoms with Gasteiger partial charge in [-0.1, -0.05) is 61.8 Å². The minimum Gasteiger partial charge on any atom is -0.461 e.